The van der Waals surface area contributed by atoms with Gasteiger partial charge in [-0.15, -0.1) is 0 Å². The van der Waals surface area contributed by atoms with Crippen molar-refractivity contribution in [2.45, 2.75) is 6.04 Å². The summed E-state index contributed by atoms with van der Waals surface area (Å²) in [5.74, 6) is -0.355. The predicted octanol–water partition coefficient (Wildman–Crippen LogP) is 5.86. The van der Waals surface area contributed by atoms with Crippen molar-refractivity contribution >= 4 is 50.7 Å². The zero-order valence-corrected chi connectivity index (χ0v) is 14.2. The summed E-state index contributed by atoms with van der Waals surface area (Å²) in [6.45, 7) is 0. The van der Waals surface area contributed by atoms with Crippen molar-refractivity contribution in [1.29, 1.82) is 0 Å². The summed E-state index contributed by atoms with van der Waals surface area (Å²) in [6, 6.07) is 7.76. The van der Waals surface area contributed by atoms with Gasteiger partial charge in [-0.05, 0) is 52.8 Å². The Hall–Kier alpha value is -0.320. The molecule has 2 rings (SSSR count). The van der Waals surface area contributed by atoms with Crippen LogP contribution in [0.4, 0.5) is 4.39 Å². The maximum absolute atomic E-state index is 14.1. The molecule has 0 fully saturated rings. The highest BCUT2D eigenvalue weighted by Gasteiger charge is 2.19. The van der Waals surface area contributed by atoms with Crippen molar-refractivity contribution in [3.05, 3.63) is 66.8 Å². The lowest BCUT2D eigenvalue weighted by Gasteiger charge is -2.19. The van der Waals surface area contributed by atoms with Gasteiger partial charge < -0.3 is 5.32 Å². The smallest absolute Gasteiger partial charge is 0.129 e. The third-order valence-corrected chi connectivity index (χ3v) is 4.85. The van der Waals surface area contributed by atoms with Crippen LogP contribution in [0.3, 0.4) is 0 Å². The molecule has 1 atom stereocenters. The van der Waals surface area contributed by atoms with Crippen LogP contribution in [0.1, 0.15) is 17.2 Å². The maximum Gasteiger partial charge on any atom is 0.129 e. The van der Waals surface area contributed by atoms with Crippen molar-refractivity contribution in [1.82, 2.24) is 5.32 Å². The van der Waals surface area contributed by atoms with Gasteiger partial charge >= 0.3 is 0 Å². The highest BCUT2D eigenvalue weighted by molar-refractivity contribution is 9.10. The fourth-order valence-electron chi connectivity index (χ4n) is 1.95. The van der Waals surface area contributed by atoms with Gasteiger partial charge in [0.15, 0.2) is 0 Å². The molecule has 0 bridgehead atoms. The topological polar surface area (TPSA) is 12.0 Å². The molecule has 0 saturated heterocycles. The fraction of sp³-hybridized carbons (Fsp3) is 0.143. The minimum atomic E-state index is -0.365. The van der Waals surface area contributed by atoms with Gasteiger partial charge in [0.1, 0.15) is 5.82 Å². The Bertz CT molecular complexity index is 649. The second-order valence-corrected chi connectivity index (χ2v) is 6.26. The van der Waals surface area contributed by atoms with E-state index in [1.54, 1.807) is 31.3 Å². The maximum atomic E-state index is 14.1. The highest BCUT2D eigenvalue weighted by atomic mass is 79.9. The minimum absolute atomic E-state index is 0.355. The quantitative estimate of drug-likeness (QED) is 0.640. The van der Waals surface area contributed by atoms with Crippen molar-refractivity contribution in [3.8, 4) is 0 Å². The van der Waals surface area contributed by atoms with Gasteiger partial charge in [-0.1, -0.05) is 40.9 Å². The van der Waals surface area contributed by atoms with Crippen LogP contribution in [0.15, 0.2) is 34.8 Å². The average molecular weight is 398 g/mol. The van der Waals surface area contributed by atoms with Crippen molar-refractivity contribution in [2.75, 3.05) is 7.05 Å². The van der Waals surface area contributed by atoms with Crippen LogP contribution in [0.5, 0.6) is 0 Å². The molecule has 0 radical (unpaired) electrons. The summed E-state index contributed by atoms with van der Waals surface area (Å²) < 4.78 is 14.7. The monoisotopic (exact) mass is 395 g/mol. The van der Waals surface area contributed by atoms with E-state index in [0.29, 0.717) is 25.1 Å². The zero-order valence-electron chi connectivity index (χ0n) is 10.4. The van der Waals surface area contributed by atoms with Crippen LogP contribution in [0, 0.1) is 5.82 Å². The number of hydrogen-bond donors (Lipinski definition) is 1. The van der Waals surface area contributed by atoms with E-state index < -0.39 is 0 Å². The highest BCUT2D eigenvalue weighted by Crippen LogP contribution is 2.33. The number of nitrogens with one attached hydrogen (secondary N) is 1. The Kier molecular flexibility index (Phi) is 5.32. The number of halogens is 5. The Morgan fingerprint density at radius 1 is 1.05 bits per heavy atom. The summed E-state index contributed by atoms with van der Waals surface area (Å²) in [5, 5.41) is 4.38. The van der Waals surface area contributed by atoms with E-state index in [4.69, 9.17) is 34.8 Å². The standard InChI is InChI=1S/C14H10BrCl3FN/c1-20-14(7-2-3-10(16)12(18)4-7)8-5-11(17)9(15)6-13(8)19/h2-6,14,20H,1H3. The predicted molar refractivity (Wildman–Crippen MR) is 86.5 cm³/mol. The molecule has 1 N–H and O–H groups in total. The summed E-state index contributed by atoms with van der Waals surface area (Å²) in [5.41, 5.74) is 1.25. The molecule has 0 aliphatic rings. The van der Waals surface area contributed by atoms with E-state index in [1.807, 2.05) is 0 Å². The first-order valence-electron chi connectivity index (χ1n) is 5.70. The van der Waals surface area contributed by atoms with Crippen LogP contribution in [-0.2, 0) is 0 Å². The summed E-state index contributed by atoms with van der Waals surface area (Å²) >= 11 is 21.1. The summed E-state index contributed by atoms with van der Waals surface area (Å²) in [7, 11) is 1.74. The lowest BCUT2D eigenvalue weighted by Crippen LogP contribution is -2.19. The van der Waals surface area contributed by atoms with E-state index in [2.05, 4.69) is 21.2 Å². The lowest BCUT2D eigenvalue weighted by atomic mass is 9.98. The molecule has 6 heteroatoms. The lowest BCUT2D eigenvalue weighted by molar-refractivity contribution is 0.575. The molecule has 0 amide bonds. The fourth-order valence-corrected chi connectivity index (χ4v) is 2.75. The number of hydrogen-bond acceptors (Lipinski definition) is 1. The molecular formula is C14H10BrCl3FN. The van der Waals surface area contributed by atoms with Gasteiger partial charge in [0.05, 0.1) is 21.1 Å². The molecule has 0 aliphatic carbocycles. The Morgan fingerprint density at radius 3 is 2.35 bits per heavy atom. The van der Waals surface area contributed by atoms with E-state index in [9.17, 15) is 4.39 Å². The SMILES string of the molecule is CNC(c1ccc(Cl)c(Cl)c1)c1cc(Cl)c(Br)cc1F. The van der Waals surface area contributed by atoms with E-state index >= 15 is 0 Å². The third-order valence-electron chi connectivity index (χ3n) is 2.92. The third kappa shape index (κ3) is 3.29. The van der Waals surface area contributed by atoms with Crippen LogP contribution >= 0.6 is 50.7 Å². The van der Waals surface area contributed by atoms with Crippen molar-refractivity contribution < 1.29 is 4.39 Å². The van der Waals surface area contributed by atoms with Crippen molar-refractivity contribution in [3.63, 3.8) is 0 Å². The second-order valence-electron chi connectivity index (χ2n) is 4.18. The molecule has 0 aliphatic heterocycles. The summed E-state index contributed by atoms with van der Waals surface area (Å²) in [4.78, 5) is 0. The Morgan fingerprint density at radius 2 is 1.75 bits per heavy atom. The first kappa shape index (κ1) is 16.1. The van der Waals surface area contributed by atoms with Gasteiger partial charge in [-0.3, -0.25) is 0 Å². The number of rotatable bonds is 3. The molecule has 0 saturated carbocycles. The minimum Gasteiger partial charge on any atom is -0.309 e. The van der Waals surface area contributed by atoms with E-state index in [1.165, 1.54) is 6.07 Å². The molecule has 2 aromatic carbocycles. The van der Waals surface area contributed by atoms with Crippen molar-refractivity contribution in [2.24, 2.45) is 0 Å². The van der Waals surface area contributed by atoms with Crippen LogP contribution in [0.2, 0.25) is 15.1 Å². The van der Waals surface area contributed by atoms with Gasteiger partial charge in [0, 0.05) is 10.0 Å². The van der Waals surface area contributed by atoms with Gasteiger partial charge in [0.2, 0.25) is 0 Å². The van der Waals surface area contributed by atoms with Crippen LogP contribution in [0.25, 0.3) is 0 Å². The first-order chi connectivity index (χ1) is 9.43. The molecule has 2 aromatic rings. The second kappa shape index (κ2) is 6.63. The number of benzene rings is 2. The Labute approximate surface area is 140 Å². The van der Waals surface area contributed by atoms with E-state index in [-0.39, 0.29) is 11.9 Å². The molecular weight excluding hydrogens is 387 g/mol. The largest absolute Gasteiger partial charge is 0.309 e. The normalized spacial score (nSPS) is 12.5. The van der Waals surface area contributed by atoms with E-state index in [0.717, 1.165) is 5.56 Å². The zero-order chi connectivity index (χ0) is 14.9. The summed E-state index contributed by atoms with van der Waals surface area (Å²) in [6.07, 6.45) is 0. The average Bonchev–Trinajstić information content (AvgIpc) is 2.40. The van der Waals surface area contributed by atoms with Gasteiger partial charge in [-0.2, -0.15) is 0 Å². The molecule has 0 spiro atoms. The molecule has 0 aromatic heterocycles. The van der Waals surface area contributed by atoms with Gasteiger partial charge in [0.25, 0.3) is 0 Å². The van der Waals surface area contributed by atoms with Gasteiger partial charge in [-0.25, -0.2) is 4.39 Å². The molecule has 1 unspecified atom stereocenters. The van der Waals surface area contributed by atoms with Crippen LogP contribution < -0.4 is 5.32 Å². The molecule has 20 heavy (non-hydrogen) atoms. The first-order valence-corrected chi connectivity index (χ1v) is 7.63. The molecule has 1 nitrogen and oxygen atoms in total. The molecule has 0 heterocycles. The molecule has 106 valence electrons. The Balaban J connectivity index is 2.52. The van der Waals surface area contributed by atoms with Crippen LogP contribution in [-0.4, -0.2) is 7.05 Å².